The highest BCUT2D eigenvalue weighted by Crippen LogP contribution is 2.30. The number of hydrogen-bond acceptors (Lipinski definition) is 4. The summed E-state index contributed by atoms with van der Waals surface area (Å²) < 4.78 is 39.9. The maximum Gasteiger partial charge on any atom is 0.387 e. The van der Waals surface area contributed by atoms with Crippen LogP contribution in [0.3, 0.4) is 0 Å². The molecule has 1 heterocycles. The molecule has 5 nitrogen and oxygen atoms in total. The van der Waals surface area contributed by atoms with E-state index in [4.69, 9.17) is 9.47 Å². The first kappa shape index (κ1) is 18.4. The molecule has 1 aromatic carbocycles. The summed E-state index contributed by atoms with van der Waals surface area (Å²) in [6, 6.07) is 4.74. The van der Waals surface area contributed by atoms with Crippen LogP contribution in [0.5, 0.6) is 11.5 Å². The van der Waals surface area contributed by atoms with Gasteiger partial charge in [0, 0.05) is 32.7 Å². The molecule has 0 saturated carbocycles. The molecule has 0 spiro atoms. The fourth-order valence-corrected chi connectivity index (χ4v) is 2.72. The van der Waals surface area contributed by atoms with Gasteiger partial charge in [-0.25, -0.2) is 0 Å². The average molecular weight is 343 g/mol. The van der Waals surface area contributed by atoms with Crippen LogP contribution in [0.2, 0.25) is 0 Å². The third-order valence-corrected chi connectivity index (χ3v) is 3.89. The van der Waals surface area contributed by atoms with E-state index < -0.39 is 6.61 Å². The maximum atomic E-state index is 12.4. The number of carbonyl (C=O) groups excluding carboxylic acids is 1. The molecule has 0 aromatic heterocycles. The summed E-state index contributed by atoms with van der Waals surface area (Å²) in [4.78, 5) is 14.1. The average Bonchev–Trinajstić information content (AvgIpc) is 2.57. The molecule has 0 bridgehead atoms. The van der Waals surface area contributed by atoms with Gasteiger partial charge < -0.3 is 19.1 Å². The summed E-state index contributed by atoms with van der Waals surface area (Å²) in [5.74, 6) is 0.303. The van der Waals surface area contributed by atoms with E-state index in [1.807, 2.05) is 0 Å². The Hall–Kier alpha value is -1.89. The van der Waals surface area contributed by atoms with Gasteiger partial charge >= 0.3 is 6.61 Å². The molecule has 0 atom stereocenters. The second-order valence-electron chi connectivity index (χ2n) is 5.67. The zero-order valence-corrected chi connectivity index (χ0v) is 14.0. The molecule has 1 aliphatic rings. The largest absolute Gasteiger partial charge is 0.490 e. The lowest BCUT2D eigenvalue weighted by atomic mass is 9.98. The molecular weight excluding hydrogens is 320 g/mol. The molecule has 2 rings (SSSR count). The van der Waals surface area contributed by atoms with E-state index in [1.165, 1.54) is 6.07 Å². The van der Waals surface area contributed by atoms with Gasteiger partial charge in [0.25, 0.3) is 0 Å². The molecule has 0 unspecified atom stereocenters. The molecule has 134 valence electrons. The van der Waals surface area contributed by atoms with Crippen LogP contribution in [-0.2, 0) is 16.1 Å². The Morgan fingerprint density at radius 2 is 2.04 bits per heavy atom. The molecule has 0 aliphatic carbocycles. The number of carbonyl (C=O) groups is 1. The first-order valence-electron chi connectivity index (χ1n) is 8.04. The van der Waals surface area contributed by atoms with Crippen LogP contribution in [0.1, 0.15) is 25.3 Å². The zero-order chi connectivity index (χ0) is 17.5. The van der Waals surface area contributed by atoms with Crippen molar-refractivity contribution in [3.63, 3.8) is 0 Å². The molecule has 0 N–H and O–H groups in total. The number of ether oxygens (including phenoxy) is 3. The quantitative estimate of drug-likeness (QED) is 0.763. The van der Waals surface area contributed by atoms with Gasteiger partial charge in [0.1, 0.15) is 0 Å². The van der Waals surface area contributed by atoms with Crippen LogP contribution in [0, 0.1) is 5.92 Å². The van der Waals surface area contributed by atoms with E-state index in [1.54, 1.807) is 31.0 Å². The lowest BCUT2D eigenvalue weighted by Crippen LogP contribution is -2.35. The standard InChI is InChI=1S/C17H23F2NO4/c1-3-23-15-10-12(4-5-14(15)24-17(18)19)11-20(2)16(21)13-6-8-22-9-7-13/h4-5,10,13,17H,3,6-9,11H2,1-2H3. The van der Waals surface area contributed by atoms with E-state index in [-0.39, 0.29) is 23.3 Å². The molecule has 0 radical (unpaired) electrons. The first-order valence-corrected chi connectivity index (χ1v) is 8.04. The van der Waals surface area contributed by atoms with Gasteiger partial charge in [-0.1, -0.05) is 6.07 Å². The Morgan fingerprint density at radius 3 is 2.67 bits per heavy atom. The van der Waals surface area contributed by atoms with Crippen LogP contribution in [0.25, 0.3) is 0 Å². The SMILES string of the molecule is CCOc1cc(CN(C)C(=O)C2CCOCC2)ccc1OC(F)F. The van der Waals surface area contributed by atoms with Crippen LogP contribution in [0.4, 0.5) is 8.78 Å². The van der Waals surface area contributed by atoms with Crippen LogP contribution in [0.15, 0.2) is 18.2 Å². The summed E-state index contributed by atoms with van der Waals surface area (Å²) >= 11 is 0. The molecule has 7 heteroatoms. The van der Waals surface area contributed by atoms with Gasteiger partial charge in [0.15, 0.2) is 11.5 Å². The van der Waals surface area contributed by atoms with E-state index in [9.17, 15) is 13.6 Å². The topological polar surface area (TPSA) is 48.0 Å². The summed E-state index contributed by atoms with van der Waals surface area (Å²) in [5.41, 5.74) is 0.794. The lowest BCUT2D eigenvalue weighted by Gasteiger charge is -2.26. The first-order chi connectivity index (χ1) is 11.5. The number of amides is 1. The van der Waals surface area contributed by atoms with Crippen LogP contribution in [-0.4, -0.2) is 44.3 Å². The summed E-state index contributed by atoms with van der Waals surface area (Å²) in [7, 11) is 1.74. The van der Waals surface area contributed by atoms with Crippen molar-refractivity contribution >= 4 is 5.91 Å². The Balaban J connectivity index is 2.05. The van der Waals surface area contributed by atoms with Gasteiger partial charge in [-0.15, -0.1) is 0 Å². The lowest BCUT2D eigenvalue weighted by molar-refractivity contribution is -0.137. The molecule has 24 heavy (non-hydrogen) atoms. The second-order valence-corrected chi connectivity index (χ2v) is 5.67. The van der Waals surface area contributed by atoms with Crippen LogP contribution >= 0.6 is 0 Å². The molecule has 1 amide bonds. The van der Waals surface area contributed by atoms with Crippen molar-refractivity contribution in [3.8, 4) is 11.5 Å². The highest BCUT2D eigenvalue weighted by atomic mass is 19.3. The smallest absolute Gasteiger partial charge is 0.387 e. The molecule has 1 fully saturated rings. The Morgan fingerprint density at radius 1 is 1.33 bits per heavy atom. The highest BCUT2D eigenvalue weighted by Gasteiger charge is 2.24. The van der Waals surface area contributed by atoms with Gasteiger partial charge in [0.2, 0.25) is 5.91 Å². The van der Waals surface area contributed by atoms with Crippen molar-refractivity contribution in [2.45, 2.75) is 32.9 Å². The van der Waals surface area contributed by atoms with Crippen molar-refractivity contribution in [2.75, 3.05) is 26.9 Å². The van der Waals surface area contributed by atoms with Crippen molar-refractivity contribution in [2.24, 2.45) is 5.92 Å². The second kappa shape index (κ2) is 8.82. The normalized spacial score (nSPS) is 15.4. The van der Waals surface area contributed by atoms with Crippen molar-refractivity contribution < 1.29 is 27.8 Å². The number of hydrogen-bond donors (Lipinski definition) is 0. The fourth-order valence-electron chi connectivity index (χ4n) is 2.72. The summed E-state index contributed by atoms with van der Waals surface area (Å²) in [6.07, 6.45) is 1.46. The van der Waals surface area contributed by atoms with Crippen LogP contribution < -0.4 is 9.47 Å². The van der Waals surface area contributed by atoms with Gasteiger partial charge in [0.05, 0.1) is 6.61 Å². The Kier molecular flexibility index (Phi) is 6.78. The van der Waals surface area contributed by atoms with Gasteiger partial charge in [-0.05, 0) is 37.5 Å². The summed E-state index contributed by atoms with van der Waals surface area (Å²) in [5, 5.41) is 0. The van der Waals surface area contributed by atoms with Crippen molar-refractivity contribution in [1.82, 2.24) is 4.90 Å². The van der Waals surface area contributed by atoms with Crippen molar-refractivity contribution in [3.05, 3.63) is 23.8 Å². The highest BCUT2D eigenvalue weighted by molar-refractivity contribution is 5.78. The number of nitrogens with zero attached hydrogens (tertiary/aromatic N) is 1. The summed E-state index contributed by atoms with van der Waals surface area (Å²) in [6.45, 7) is 0.787. The maximum absolute atomic E-state index is 12.4. The number of alkyl halides is 2. The van der Waals surface area contributed by atoms with E-state index in [0.717, 1.165) is 18.4 Å². The van der Waals surface area contributed by atoms with Crippen molar-refractivity contribution in [1.29, 1.82) is 0 Å². The molecule has 1 saturated heterocycles. The monoisotopic (exact) mass is 343 g/mol. The minimum absolute atomic E-state index is 0.00555. The minimum Gasteiger partial charge on any atom is -0.490 e. The number of halogens is 2. The zero-order valence-electron chi connectivity index (χ0n) is 14.0. The Labute approximate surface area is 140 Å². The predicted octanol–water partition coefficient (Wildman–Crippen LogP) is 3.07. The fraction of sp³-hybridized carbons (Fsp3) is 0.588. The van der Waals surface area contributed by atoms with Gasteiger partial charge in [-0.2, -0.15) is 8.78 Å². The number of benzene rings is 1. The van der Waals surface area contributed by atoms with E-state index in [0.29, 0.717) is 26.4 Å². The Bertz CT molecular complexity index is 547. The molecular formula is C17H23F2NO4. The molecule has 1 aromatic rings. The molecule has 1 aliphatic heterocycles. The van der Waals surface area contributed by atoms with E-state index >= 15 is 0 Å². The third kappa shape index (κ3) is 5.06. The predicted molar refractivity (Wildman–Crippen MR) is 84.3 cm³/mol. The van der Waals surface area contributed by atoms with Gasteiger partial charge in [-0.3, -0.25) is 4.79 Å². The van der Waals surface area contributed by atoms with E-state index in [2.05, 4.69) is 4.74 Å². The number of rotatable bonds is 7. The minimum atomic E-state index is -2.91. The third-order valence-electron chi connectivity index (χ3n) is 3.89.